The van der Waals surface area contributed by atoms with Crippen molar-refractivity contribution in [1.82, 2.24) is 5.32 Å². The predicted octanol–water partition coefficient (Wildman–Crippen LogP) is 3.35. The molecule has 1 heterocycles. The van der Waals surface area contributed by atoms with Gasteiger partial charge in [-0.15, -0.1) is 11.3 Å². The highest BCUT2D eigenvalue weighted by atomic mass is 79.9. The van der Waals surface area contributed by atoms with E-state index in [1.165, 1.54) is 11.3 Å². The molecule has 1 rings (SSSR count). The van der Waals surface area contributed by atoms with Gasteiger partial charge in [0.2, 0.25) is 0 Å². The van der Waals surface area contributed by atoms with Crippen molar-refractivity contribution in [3.63, 3.8) is 0 Å². The van der Waals surface area contributed by atoms with Crippen LogP contribution >= 0.6 is 27.3 Å². The minimum Gasteiger partial charge on any atom is -0.345 e. The molecule has 15 heavy (non-hydrogen) atoms. The van der Waals surface area contributed by atoms with Crippen LogP contribution in [0.1, 0.15) is 36.0 Å². The lowest BCUT2D eigenvalue weighted by Gasteiger charge is -2.29. The molecule has 1 unspecified atom stereocenters. The molecule has 1 N–H and O–H groups in total. The van der Waals surface area contributed by atoms with Crippen molar-refractivity contribution >= 4 is 33.2 Å². The second-order valence-electron chi connectivity index (χ2n) is 4.22. The molecule has 1 aromatic heterocycles. The summed E-state index contributed by atoms with van der Waals surface area (Å²) in [4.78, 5) is 13.0. The molecule has 0 aromatic carbocycles. The number of amides is 1. The highest BCUT2D eigenvalue weighted by Crippen LogP contribution is 2.20. The number of aryl methyl sites for hydroxylation is 1. The first-order chi connectivity index (χ1) is 6.84. The monoisotopic (exact) mass is 289 g/mol. The van der Waals surface area contributed by atoms with Gasteiger partial charge in [0.1, 0.15) is 0 Å². The largest absolute Gasteiger partial charge is 0.345 e. The van der Waals surface area contributed by atoms with Gasteiger partial charge in [0.05, 0.1) is 4.88 Å². The zero-order valence-corrected chi connectivity index (χ0v) is 11.8. The number of alkyl halides is 1. The molecule has 0 bridgehead atoms. The molecule has 1 amide bonds. The molecular weight excluding hydrogens is 274 g/mol. The second kappa shape index (κ2) is 4.66. The van der Waals surface area contributed by atoms with E-state index >= 15 is 0 Å². The Bertz CT molecular complexity index is 357. The van der Waals surface area contributed by atoms with Gasteiger partial charge in [-0.3, -0.25) is 4.79 Å². The molecular formula is C11H16BrNOS. The van der Waals surface area contributed by atoms with E-state index in [9.17, 15) is 4.79 Å². The van der Waals surface area contributed by atoms with Crippen molar-refractivity contribution < 1.29 is 4.79 Å². The number of thiophene rings is 1. The van der Waals surface area contributed by atoms with Crippen LogP contribution in [0.3, 0.4) is 0 Å². The minimum absolute atomic E-state index is 0.0128. The molecule has 4 heteroatoms. The van der Waals surface area contributed by atoms with Gasteiger partial charge >= 0.3 is 0 Å². The quantitative estimate of drug-likeness (QED) is 0.850. The molecule has 0 saturated heterocycles. The molecule has 0 aliphatic carbocycles. The van der Waals surface area contributed by atoms with E-state index in [2.05, 4.69) is 21.2 Å². The molecule has 0 aliphatic rings. The van der Waals surface area contributed by atoms with Crippen molar-refractivity contribution in [2.24, 2.45) is 0 Å². The van der Waals surface area contributed by atoms with Crippen molar-refractivity contribution in [1.29, 1.82) is 0 Å². The number of carbonyl (C=O) groups excluding carboxylic acids is 1. The van der Waals surface area contributed by atoms with Gasteiger partial charge in [0, 0.05) is 10.4 Å². The molecule has 0 aliphatic heterocycles. The Labute approximate surface area is 103 Å². The van der Waals surface area contributed by atoms with Crippen LogP contribution in [0.4, 0.5) is 0 Å². The fourth-order valence-corrected chi connectivity index (χ4v) is 1.99. The lowest BCUT2D eigenvalue weighted by Crippen LogP contribution is -2.48. The summed E-state index contributed by atoms with van der Waals surface area (Å²) >= 11 is 4.98. The Morgan fingerprint density at radius 3 is 2.60 bits per heavy atom. The summed E-state index contributed by atoms with van der Waals surface area (Å²) in [5.74, 6) is 0.0128. The third-order valence-electron chi connectivity index (χ3n) is 2.50. The van der Waals surface area contributed by atoms with Crippen molar-refractivity contribution in [3.05, 3.63) is 21.9 Å². The third-order valence-corrected chi connectivity index (χ3v) is 4.66. The summed E-state index contributed by atoms with van der Waals surface area (Å²) in [6.45, 7) is 8.00. The van der Waals surface area contributed by atoms with Crippen LogP contribution < -0.4 is 5.32 Å². The van der Waals surface area contributed by atoms with Crippen molar-refractivity contribution in [2.45, 2.75) is 38.1 Å². The number of rotatable bonds is 3. The molecule has 0 saturated carbocycles. The molecule has 2 nitrogen and oxygen atoms in total. The van der Waals surface area contributed by atoms with E-state index in [4.69, 9.17) is 0 Å². The van der Waals surface area contributed by atoms with Gasteiger partial charge in [0.25, 0.3) is 5.91 Å². The van der Waals surface area contributed by atoms with Crippen LogP contribution in [0.25, 0.3) is 0 Å². The first-order valence-corrected chi connectivity index (χ1v) is 6.65. The Morgan fingerprint density at radius 2 is 2.20 bits per heavy atom. The summed E-state index contributed by atoms with van der Waals surface area (Å²) in [5.41, 5.74) is 0.795. The van der Waals surface area contributed by atoms with Gasteiger partial charge in [0.15, 0.2) is 0 Å². The molecule has 84 valence electrons. The summed E-state index contributed by atoms with van der Waals surface area (Å²) in [7, 11) is 0. The smallest absolute Gasteiger partial charge is 0.262 e. The summed E-state index contributed by atoms with van der Waals surface area (Å²) in [6.07, 6.45) is 0. The number of nitrogens with one attached hydrogen (secondary N) is 1. The Hall–Kier alpha value is -0.350. The van der Waals surface area contributed by atoms with E-state index < -0.39 is 0 Å². The van der Waals surface area contributed by atoms with Crippen LogP contribution in [-0.4, -0.2) is 16.3 Å². The van der Waals surface area contributed by atoms with E-state index in [0.29, 0.717) is 0 Å². The van der Waals surface area contributed by atoms with Crippen LogP contribution in [0.2, 0.25) is 0 Å². The van der Waals surface area contributed by atoms with E-state index in [1.807, 2.05) is 39.1 Å². The van der Waals surface area contributed by atoms with Gasteiger partial charge in [-0.2, -0.15) is 0 Å². The molecule has 0 fully saturated rings. The fourth-order valence-electron chi connectivity index (χ4n) is 1.05. The van der Waals surface area contributed by atoms with Gasteiger partial charge in [-0.05, 0) is 37.8 Å². The Balaban J connectivity index is 2.77. The summed E-state index contributed by atoms with van der Waals surface area (Å²) in [6, 6.07) is 1.96. The van der Waals surface area contributed by atoms with Gasteiger partial charge in [-0.1, -0.05) is 22.9 Å². The van der Waals surface area contributed by atoms with Gasteiger partial charge < -0.3 is 5.32 Å². The number of hydrogen-bond donors (Lipinski definition) is 1. The number of halogens is 1. The maximum absolute atomic E-state index is 11.9. The highest BCUT2D eigenvalue weighted by Gasteiger charge is 2.26. The lowest BCUT2D eigenvalue weighted by atomic mass is 10.0. The van der Waals surface area contributed by atoms with Gasteiger partial charge in [-0.25, -0.2) is 0 Å². The minimum atomic E-state index is -0.243. The maximum Gasteiger partial charge on any atom is 0.262 e. The molecule has 1 atom stereocenters. The van der Waals surface area contributed by atoms with Crippen molar-refractivity contribution in [2.75, 3.05) is 0 Å². The Kier molecular flexibility index (Phi) is 3.95. The standard InChI is InChI=1S/C11H16BrNOS/c1-7-5-6-15-9(7)10(14)13-11(3,4)8(2)12/h5-6,8H,1-4H3,(H,13,14). The number of carbonyl (C=O) groups is 1. The SMILES string of the molecule is Cc1ccsc1C(=O)NC(C)(C)C(C)Br. The molecule has 0 radical (unpaired) electrons. The highest BCUT2D eigenvalue weighted by molar-refractivity contribution is 9.09. The topological polar surface area (TPSA) is 29.1 Å². The second-order valence-corrected chi connectivity index (χ2v) is 6.51. The van der Waals surface area contributed by atoms with Crippen LogP contribution in [0, 0.1) is 6.92 Å². The van der Waals surface area contributed by atoms with E-state index in [-0.39, 0.29) is 16.3 Å². The third kappa shape index (κ3) is 3.05. The van der Waals surface area contributed by atoms with Crippen LogP contribution in [0.5, 0.6) is 0 Å². The van der Waals surface area contributed by atoms with E-state index in [1.54, 1.807) is 0 Å². The first kappa shape index (κ1) is 12.7. The zero-order valence-electron chi connectivity index (χ0n) is 9.43. The number of hydrogen-bond acceptors (Lipinski definition) is 2. The normalized spacial score (nSPS) is 13.7. The van der Waals surface area contributed by atoms with E-state index in [0.717, 1.165) is 10.4 Å². The molecule has 0 spiro atoms. The van der Waals surface area contributed by atoms with Crippen LogP contribution in [-0.2, 0) is 0 Å². The average Bonchev–Trinajstić information content (AvgIpc) is 2.50. The molecule has 1 aromatic rings. The van der Waals surface area contributed by atoms with Crippen molar-refractivity contribution in [3.8, 4) is 0 Å². The maximum atomic E-state index is 11.9. The average molecular weight is 290 g/mol. The summed E-state index contributed by atoms with van der Waals surface area (Å²) < 4.78 is 0. The zero-order chi connectivity index (χ0) is 11.6. The van der Waals surface area contributed by atoms with Crippen LogP contribution in [0.15, 0.2) is 11.4 Å². The predicted molar refractivity (Wildman–Crippen MR) is 69.0 cm³/mol. The Morgan fingerprint density at radius 1 is 1.60 bits per heavy atom. The fraction of sp³-hybridized carbons (Fsp3) is 0.545. The first-order valence-electron chi connectivity index (χ1n) is 4.85. The summed E-state index contributed by atoms with van der Waals surface area (Å²) in [5, 5.41) is 4.96. The lowest BCUT2D eigenvalue weighted by molar-refractivity contribution is 0.0917.